The quantitative estimate of drug-likeness (QED) is 0.790. The van der Waals surface area contributed by atoms with Gasteiger partial charge in [0.2, 0.25) is 5.91 Å². The minimum atomic E-state index is -1.08. The number of hydrogen-bond acceptors (Lipinski definition) is 3. The molecule has 6 heteroatoms. The lowest BCUT2D eigenvalue weighted by Gasteiger charge is -2.14. The molecule has 0 radical (unpaired) electrons. The summed E-state index contributed by atoms with van der Waals surface area (Å²) in [6.07, 6.45) is 0. The average Bonchev–Trinajstić information content (AvgIpc) is 2.74. The van der Waals surface area contributed by atoms with E-state index in [0.29, 0.717) is 12.2 Å². The highest BCUT2D eigenvalue weighted by molar-refractivity contribution is 6.31. The van der Waals surface area contributed by atoms with Gasteiger partial charge in [0.15, 0.2) is 0 Å². The van der Waals surface area contributed by atoms with Crippen molar-refractivity contribution in [2.75, 3.05) is 18.4 Å². The first-order chi connectivity index (χ1) is 8.97. The fourth-order valence-corrected chi connectivity index (χ4v) is 2.42. The van der Waals surface area contributed by atoms with E-state index in [4.69, 9.17) is 16.7 Å². The second-order valence-electron chi connectivity index (χ2n) is 4.77. The summed E-state index contributed by atoms with van der Waals surface area (Å²) < 4.78 is 0. The number of nitrogens with one attached hydrogen (secondary N) is 2. The number of amides is 1. The number of benzene rings is 1. The van der Waals surface area contributed by atoms with Gasteiger partial charge in [-0.1, -0.05) is 18.5 Å². The Bertz CT molecular complexity index is 519. The highest BCUT2D eigenvalue weighted by atomic mass is 35.5. The third-order valence-corrected chi connectivity index (χ3v) is 3.48. The van der Waals surface area contributed by atoms with Crippen LogP contribution in [0.5, 0.6) is 0 Å². The van der Waals surface area contributed by atoms with Crippen LogP contribution in [-0.2, 0) is 4.79 Å². The van der Waals surface area contributed by atoms with Gasteiger partial charge in [-0.25, -0.2) is 4.79 Å². The highest BCUT2D eigenvalue weighted by Crippen LogP contribution is 2.22. The van der Waals surface area contributed by atoms with Gasteiger partial charge in [-0.2, -0.15) is 0 Å². The van der Waals surface area contributed by atoms with Crippen molar-refractivity contribution in [1.82, 2.24) is 5.32 Å². The summed E-state index contributed by atoms with van der Waals surface area (Å²) >= 11 is 5.84. The summed E-state index contributed by atoms with van der Waals surface area (Å²) in [5.41, 5.74) is 0.467. The molecular formula is C13H15ClN2O3. The number of aromatic carboxylic acids is 1. The van der Waals surface area contributed by atoms with E-state index >= 15 is 0 Å². The largest absolute Gasteiger partial charge is 0.478 e. The number of anilines is 1. The second kappa shape index (κ2) is 5.59. The molecule has 0 saturated carbocycles. The third kappa shape index (κ3) is 3.24. The molecule has 5 nitrogen and oxygen atoms in total. The maximum atomic E-state index is 12.1. The van der Waals surface area contributed by atoms with Crippen molar-refractivity contribution < 1.29 is 14.7 Å². The summed E-state index contributed by atoms with van der Waals surface area (Å²) in [4.78, 5) is 23.0. The van der Waals surface area contributed by atoms with Crippen LogP contribution in [0.1, 0.15) is 17.3 Å². The summed E-state index contributed by atoms with van der Waals surface area (Å²) in [5, 5.41) is 15.1. The predicted molar refractivity (Wildman–Crippen MR) is 72.6 cm³/mol. The Morgan fingerprint density at radius 3 is 2.68 bits per heavy atom. The van der Waals surface area contributed by atoms with Crippen LogP contribution in [0.15, 0.2) is 18.2 Å². The first-order valence-electron chi connectivity index (χ1n) is 6.03. The molecule has 1 saturated heterocycles. The first kappa shape index (κ1) is 13.8. The Morgan fingerprint density at radius 1 is 1.37 bits per heavy atom. The Hall–Kier alpha value is -1.59. The monoisotopic (exact) mass is 282 g/mol. The molecule has 1 aliphatic heterocycles. The van der Waals surface area contributed by atoms with Crippen molar-refractivity contribution in [1.29, 1.82) is 0 Å². The number of halogens is 1. The van der Waals surface area contributed by atoms with E-state index in [0.717, 1.165) is 6.54 Å². The molecule has 1 aromatic carbocycles. The van der Waals surface area contributed by atoms with Gasteiger partial charge in [0.05, 0.1) is 11.5 Å². The molecule has 1 heterocycles. The lowest BCUT2D eigenvalue weighted by molar-refractivity contribution is -0.120. The number of carbonyl (C=O) groups is 2. The zero-order valence-electron chi connectivity index (χ0n) is 10.4. The molecule has 1 aromatic rings. The van der Waals surface area contributed by atoms with Gasteiger partial charge in [0, 0.05) is 17.3 Å². The predicted octanol–water partition coefficient (Wildman–Crippen LogP) is 1.83. The number of hydrogen-bond donors (Lipinski definition) is 3. The Labute approximate surface area is 116 Å². The SMILES string of the molecule is CC1CNCC1C(=O)Nc1cc(Cl)cc(C(=O)O)c1. The van der Waals surface area contributed by atoms with Gasteiger partial charge in [-0.15, -0.1) is 0 Å². The molecule has 2 unspecified atom stereocenters. The molecule has 0 aromatic heterocycles. The van der Waals surface area contributed by atoms with Gasteiger partial charge in [-0.3, -0.25) is 4.79 Å². The van der Waals surface area contributed by atoms with Gasteiger partial charge >= 0.3 is 5.97 Å². The highest BCUT2D eigenvalue weighted by Gasteiger charge is 2.29. The molecule has 102 valence electrons. The molecule has 0 aliphatic carbocycles. The van der Waals surface area contributed by atoms with Crippen molar-refractivity contribution in [3.63, 3.8) is 0 Å². The molecule has 1 amide bonds. The Kier molecular flexibility index (Phi) is 4.07. The summed E-state index contributed by atoms with van der Waals surface area (Å²) in [6, 6.07) is 4.29. The maximum Gasteiger partial charge on any atom is 0.335 e. The molecule has 1 fully saturated rings. The lowest BCUT2D eigenvalue weighted by Crippen LogP contribution is -2.27. The van der Waals surface area contributed by atoms with Gasteiger partial charge in [0.1, 0.15) is 0 Å². The fourth-order valence-electron chi connectivity index (χ4n) is 2.18. The van der Waals surface area contributed by atoms with E-state index < -0.39 is 5.97 Å². The smallest absolute Gasteiger partial charge is 0.335 e. The van der Waals surface area contributed by atoms with Crippen LogP contribution in [0.25, 0.3) is 0 Å². The lowest BCUT2D eigenvalue weighted by atomic mass is 9.97. The van der Waals surface area contributed by atoms with E-state index in [1.54, 1.807) is 6.07 Å². The van der Waals surface area contributed by atoms with Gasteiger partial charge in [-0.05, 0) is 30.7 Å². The Morgan fingerprint density at radius 2 is 2.11 bits per heavy atom. The van der Waals surface area contributed by atoms with E-state index in [9.17, 15) is 9.59 Å². The molecule has 3 N–H and O–H groups in total. The molecule has 0 bridgehead atoms. The van der Waals surface area contributed by atoms with Crippen LogP contribution >= 0.6 is 11.6 Å². The molecule has 1 aliphatic rings. The molecule has 2 rings (SSSR count). The van der Waals surface area contributed by atoms with Crippen LogP contribution in [0.2, 0.25) is 5.02 Å². The van der Waals surface area contributed by atoms with Crippen molar-refractivity contribution >= 4 is 29.2 Å². The van der Waals surface area contributed by atoms with E-state index in [1.807, 2.05) is 6.92 Å². The van der Waals surface area contributed by atoms with E-state index in [1.165, 1.54) is 12.1 Å². The average molecular weight is 283 g/mol. The zero-order chi connectivity index (χ0) is 14.0. The molecule has 19 heavy (non-hydrogen) atoms. The normalized spacial score (nSPS) is 22.2. The molecular weight excluding hydrogens is 268 g/mol. The number of rotatable bonds is 3. The number of carboxylic acid groups (broad SMARTS) is 1. The van der Waals surface area contributed by atoms with Crippen LogP contribution < -0.4 is 10.6 Å². The van der Waals surface area contributed by atoms with E-state index in [2.05, 4.69) is 10.6 Å². The van der Waals surface area contributed by atoms with Crippen LogP contribution in [-0.4, -0.2) is 30.1 Å². The standard InChI is InChI=1S/C13H15ClN2O3/c1-7-5-15-6-11(7)12(17)16-10-3-8(13(18)19)2-9(14)4-10/h2-4,7,11,15H,5-6H2,1H3,(H,16,17)(H,18,19). The summed E-state index contributed by atoms with van der Waals surface area (Å²) in [6.45, 7) is 3.46. The van der Waals surface area contributed by atoms with Crippen LogP contribution in [0.4, 0.5) is 5.69 Å². The Balaban J connectivity index is 2.14. The van der Waals surface area contributed by atoms with Crippen molar-refractivity contribution in [3.05, 3.63) is 28.8 Å². The topological polar surface area (TPSA) is 78.4 Å². The summed E-state index contributed by atoms with van der Waals surface area (Å²) in [5.74, 6) is -1.03. The first-order valence-corrected chi connectivity index (χ1v) is 6.40. The fraction of sp³-hybridized carbons (Fsp3) is 0.385. The third-order valence-electron chi connectivity index (χ3n) is 3.27. The van der Waals surface area contributed by atoms with Crippen LogP contribution in [0, 0.1) is 11.8 Å². The minimum Gasteiger partial charge on any atom is -0.478 e. The number of carbonyl (C=O) groups excluding carboxylic acids is 1. The zero-order valence-corrected chi connectivity index (χ0v) is 11.2. The summed E-state index contributed by atoms with van der Waals surface area (Å²) in [7, 11) is 0. The van der Waals surface area contributed by atoms with Crippen molar-refractivity contribution in [2.24, 2.45) is 11.8 Å². The van der Waals surface area contributed by atoms with Crippen molar-refractivity contribution in [2.45, 2.75) is 6.92 Å². The minimum absolute atomic E-state index is 0.0559. The van der Waals surface area contributed by atoms with Gasteiger partial charge in [0.25, 0.3) is 0 Å². The van der Waals surface area contributed by atoms with Crippen LogP contribution in [0.3, 0.4) is 0 Å². The van der Waals surface area contributed by atoms with E-state index in [-0.39, 0.29) is 28.3 Å². The maximum absolute atomic E-state index is 12.1. The molecule has 2 atom stereocenters. The second-order valence-corrected chi connectivity index (χ2v) is 5.20. The van der Waals surface area contributed by atoms with Gasteiger partial charge < -0.3 is 15.7 Å². The molecule has 0 spiro atoms. The van der Waals surface area contributed by atoms with Crippen molar-refractivity contribution in [3.8, 4) is 0 Å². The number of carboxylic acids is 1.